The monoisotopic (exact) mass is 408 g/mol. The maximum atomic E-state index is 12.7. The summed E-state index contributed by atoms with van der Waals surface area (Å²) >= 11 is 1.41. The number of ether oxygens (including phenoxy) is 3. The lowest BCUT2D eigenvalue weighted by Crippen LogP contribution is -2.48. The quantitative estimate of drug-likeness (QED) is 0.212. The Bertz CT molecular complexity index is 835. The Morgan fingerprint density at radius 3 is 2.57 bits per heavy atom. The first-order valence-corrected chi connectivity index (χ1v) is 9.41. The summed E-state index contributed by atoms with van der Waals surface area (Å²) in [5.74, 6) is -1.60. The summed E-state index contributed by atoms with van der Waals surface area (Å²) in [5, 5.41) is 10.6. The highest BCUT2D eigenvalue weighted by Gasteiger charge is 2.49. The van der Waals surface area contributed by atoms with E-state index in [1.807, 2.05) is 0 Å². The van der Waals surface area contributed by atoms with Crippen LogP contribution in [-0.2, 0) is 30.4 Å². The summed E-state index contributed by atoms with van der Waals surface area (Å²) < 4.78 is 16.2. The van der Waals surface area contributed by atoms with Gasteiger partial charge in [-0.05, 0) is 31.5 Å². The van der Waals surface area contributed by atoms with E-state index in [9.17, 15) is 19.7 Å². The molecule has 0 saturated carbocycles. The van der Waals surface area contributed by atoms with Crippen molar-refractivity contribution in [3.8, 4) is 0 Å². The number of carbonyl (C=O) groups excluding carboxylic acids is 2. The number of amides is 1. The number of carbonyl (C=O) groups is 2. The molecule has 1 atom stereocenters. The number of benzene rings is 1. The first-order valence-electron chi connectivity index (χ1n) is 8.53. The molecular formula is C18H20N2O7S. The standard InChI is InChI=1S/C18H20N2O7S/c1-18(2,25-3)27-10-13-16(19-14(21)8-15(19)28-13)17(22)26-9-11-4-6-12(7-5-11)20(23)24/h4-7,15H,8-10H2,1-3H3/t15-/m0/s1. The molecule has 2 heterocycles. The van der Waals surface area contributed by atoms with Gasteiger partial charge in [-0.15, -0.1) is 0 Å². The van der Waals surface area contributed by atoms with E-state index in [2.05, 4.69) is 0 Å². The second-order valence-corrected chi connectivity index (χ2v) is 7.98. The van der Waals surface area contributed by atoms with E-state index in [1.165, 1.54) is 48.0 Å². The maximum absolute atomic E-state index is 12.7. The van der Waals surface area contributed by atoms with Crippen molar-refractivity contribution in [1.29, 1.82) is 0 Å². The summed E-state index contributed by atoms with van der Waals surface area (Å²) in [6.45, 7) is 3.56. The zero-order chi connectivity index (χ0) is 20.5. The van der Waals surface area contributed by atoms with Crippen LogP contribution in [0.2, 0.25) is 0 Å². The second-order valence-electron chi connectivity index (χ2n) is 6.70. The molecular weight excluding hydrogens is 388 g/mol. The van der Waals surface area contributed by atoms with Gasteiger partial charge in [0.15, 0.2) is 5.79 Å². The number of non-ortho nitro benzene ring substituents is 1. The smallest absolute Gasteiger partial charge is 0.356 e. The molecule has 0 unspecified atom stereocenters. The number of thioether (sulfide) groups is 1. The average Bonchev–Trinajstić information content (AvgIpc) is 2.97. The van der Waals surface area contributed by atoms with Gasteiger partial charge in [0.05, 0.1) is 23.3 Å². The van der Waals surface area contributed by atoms with Gasteiger partial charge in [0.25, 0.3) is 5.69 Å². The minimum Gasteiger partial charge on any atom is -0.456 e. The van der Waals surface area contributed by atoms with E-state index >= 15 is 0 Å². The predicted molar refractivity (Wildman–Crippen MR) is 99.8 cm³/mol. The van der Waals surface area contributed by atoms with E-state index in [-0.39, 0.29) is 35.9 Å². The largest absolute Gasteiger partial charge is 0.456 e. The molecule has 28 heavy (non-hydrogen) atoms. The Balaban J connectivity index is 1.69. The molecule has 2 aliphatic rings. The van der Waals surface area contributed by atoms with Crippen LogP contribution in [0.3, 0.4) is 0 Å². The Hall–Kier alpha value is -2.43. The van der Waals surface area contributed by atoms with Gasteiger partial charge in [-0.25, -0.2) is 4.79 Å². The van der Waals surface area contributed by atoms with Crippen LogP contribution in [0.15, 0.2) is 34.9 Å². The molecule has 1 fully saturated rings. The number of nitro groups is 1. The highest BCUT2D eigenvalue weighted by Crippen LogP contribution is 2.46. The van der Waals surface area contributed by atoms with E-state index in [1.54, 1.807) is 13.8 Å². The van der Waals surface area contributed by atoms with Crippen LogP contribution < -0.4 is 0 Å². The minimum absolute atomic E-state index is 0.0424. The lowest BCUT2D eigenvalue weighted by molar-refractivity contribution is -0.384. The number of nitro benzene ring substituents is 1. The second kappa shape index (κ2) is 7.90. The Labute approximate surface area is 165 Å². The molecule has 0 spiro atoms. The predicted octanol–water partition coefficient (Wildman–Crippen LogP) is 2.55. The fourth-order valence-corrected chi connectivity index (χ4v) is 3.95. The van der Waals surface area contributed by atoms with Gasteiger partial charge in [0, 0.05) is 24.1 Å². The minimum atomic E-state index is -0.831. The molecule has 3 rings (SSSR count). The molecule has 0 N–H and O–H groups in total. The Morgan fingerprint density at radius 1 is 1.32 bits per heavy atom. The van der Waals surface area contributed by atoms with Crippen molar-refractivity contribution in [1.82, 2.24) is 4.90 Å². The Morgan fingerprint density at radius 2 is 2.00 bits per heavy atom. The zero-order valence-corrected chi connectivity index (χ0v) is 16.5. The van der Waals surface area contributed by atoms with Crippen LogP contribution >= 0.6 is 11.8 Å². The summed E-state index contributed by atoms with van der Waals surface area (Å²) in [7, 11) is 1.52. The molecule has 1 amide bonds. The molecule has 1 aromatic rings. The van der Waals surface area contributed by atoms with Gasteiger partial charge in [-0.2, -0.15) is 0 Å². The molecule has 9 nitrogen and oxygen atoms in total. The van der Waals surface area contributed by atoms with Crippen LogP contribution in [0.1, 0.15) is 25.8 Å². The van der Waals surface area contributed by atoms with Crippen molar-refractivity contribution >= 4 is 29.3 Å². The third kappa shape index (κ3) is 4.18. The van der Waals surface area contributed by atoms with E-state index in [0.717, 1.165) is 0 Å². The third-order valence-electron chi connectivity index (χ3n) is 4.44. The molecule has 0 bridgehead atoms. The molecule has 1 aromatic carbocycles. The van der Waals surface area contributed by atoms with Crippen molar-refractivity contribution in [2.24, 2.45) is 0 Å². The molecule has 0 aromatic heterocycles. The van der Waals surface area contributed by atoms with E-state index in [4.69, 9.17) is 14.2 Å². The Kier molecular flexibility index (Phi) is 5.73. The highest BCUT2D eigenvalue weighted by molar-refractivity contribution is 8.04. The van der Waals surface area contributed by atoms with Gasteiger partial charge >= 0.3 is 5.97 Å². The van der Waals surface area contributed by atoms with Crippen LogP contribution in [0.4, 0.5) is 5.69 Å². The number of methoxy groups -OCH3 is 1. The maximum Gasteiger partial charge on any atom is 0.356 e. The van der Waals surface area contributed by atoms with Crippen LogP contribution in [0.25, 0.3) is 0 Å². The third-order valence-corrected chi connectivity index (χ3v) is 5.69. The highest BCUT2D eigenvalue weighted by atomic mass is 32.2. The molecule has 1 saturated heterocycles. The van der Waals surface area contributed by atoms with Gasteiger partial charge < -0.3 is 14.2 Å². The molecule has 0 aliphatic carbocycles. The number of fused-ring (bicyclic) bond motifs is 1. The van der Waals surface area contributed by atoms with Crippen molar-refractivity contribution in [2.75, 3.05) is 13.7 Å². The number of hydrogen-bond acceptors (Lipinski definition) is 8. The van der Waals surface area contributed by atoms with E-state index < -0.39 is 16.7 Å². The number of β-lactam (4-membered cyclic amide) rings is 1. The first-order chi connectivity index (χ1) is 13.2. The summed E-state index contributed by atoms with van der Waals surface area (Å²) in [6, 6.07) is 5.72. The van der Waals surface area contributed by atoms with Gasteiger partial charge in [-0.3, -0.25) is 19.8 Å². The zero-order valence-electron chi connectivity index (χ0n) is 15.7. The summed E-state index contributed by atoms with van der Waals surface area (Å²) in [5.41, 5.74) is 0.759. The van der Waals surface area contributed by atoms with Crippen molar-refractivity contribution in [2.45, 2.75) is 38.0 Å². The van der Waals surface area contributed by atoms with Crippen LogP contribution in [-0.4, -0.2) is 46.6 Å². The summed E-state index contributed by atoms with van der Waals surface area (Å²) in [4.78, 5) is 36.8. The number of nitrogens with zero attached hydrogens (tertiary/aromatic N) is 2. The van der Waals surface area contributed by atoms with Gasteiger partial charge in [0.2, 0.25) is 5.91 Å². The van der Waals surface area contributed by atoms with Crippen LogP contribution in [0.5, 0.6) is 0 Å². The fourth-order valence-electron chi connectivity index (χ4n) is 2.65. The van der Waals surface area contributed by atoms with E-state index in [0.29, 0.717) is 16.9 Å². The fraction of sp³-hybridized carbons (Fsp3) is 0.444. The van der Waals surface area contributed by atoms with Crippen LogP contribution in [0, 0.1) is 10.1 Å². The topological polar surface area (TPSA) is 108 Å². The first kappa shape index (κ1) is 20.3. The number of esters is 1. The van der Waals surface area contributed by atoms with Crippen molar-refractivity contribution < 1.29 is 28.7 Å². The van der Waals surface area contributed by atoms with Gasteiger partial charge in [-0.1, -0.05) is 11.8 Å². The van der Waals surface area contributed by atoms with Crippen molar-refractivity contribution in [3.05, 3.63) is 50.5 Å². The summed E-state index contributed by atoms with van der Waals surface area (Å²) in [6.07, 6.45) is 0.362. The molecule has 2 aliphatic heterocycles. The molecule has 0 radical (unpaired) electrons. The number of hydrogen-bond donors (Lipinski definition) is 0. The lowest BCUT2D eigenvalue weighted by Gasteiger charge is -2.34. The number of rotatable bonds is 8. The van der Waals surface area contributed by atoms with Gasteiger partial charge in [0.1, 0.15) is 12.3 Å². The average molecular weight is 408 g/mol. The van der Waals surface area contributed by atoms with Crippen molar-refractivity contribution in [3.63, 3.8) is 0 Å². The SMILES string of the molecule is COC(C)(C)OCC1=C(C(=O)OCc2ccc([N+](=O)[O-])cc2)N2C(=O)C[C@@H]2S1. The molecule has 10 heteroatoms. The normalized spacial score (nSPS) is 18.8. The lowest BCUT2D eigenvalue weighted by atomic mass is 10.1. The molecule has 150 valence electrons.